The Kier molecular flexibility index (Phi) is 6.55. The maximum atomic E-state index is 12.7. The van der Waals surface area contributed by atoms with Gasteiger partial charge in [0.25, 0.3) is 0 Å². The summed E-state index contributed by atoms with van der Waals surface area (Å²) in [6.45, 7) is 1.62. The van der Waals surface area contributed by atoms with Gasteiger partial charge in [0.05, 0.1) is 15.1 Å². The molecule has 0 atom stereocenters. The Morgan fingerprint density at radius 1 is 1.03 bits per heavy atom. The van der Waals surface area contributed by atoms with E-state index in [-0.39, 0.29) is 29.6 Å². The lowest BCUT2D eigenvalue weighted by atomic mass is 10.1. The highest BCUT2D eigenvalue weighted by molar-refractivity contribution is 7.89. The largest absolute Gasteiger partial charge is 0.302 e. The molecule has 0 aliphatic rings. The summed E-state index contributed by atoms with van der Waals surface area (Å²) in [6.07, 6.45) is 0.528. The zero-order valence-corrected chi connectivity index (χ0v) is 19.9. The Morgan fingerprint density at radius 3 is 2.48 bits per heavy atom. The number of sulfonamides is 1. The average Bonchev–Trinajstić information content (AvgIpc) is 3.21. The van der Waals surface area contributed by atoms with Gasteiger partial charge in [-0.05, 0) is 36.9 Å². The second-order valence-corrected chi connectivity index (χ2v) is 10.8. The molecule has 0 aliphatic heterocycles. The highest BCUT2D eigenvalue weighted by Gasteiger charge is 2.21. The maximum absolute atomic E-state index is 12.7. The molecule has 0 aliphatic carbocycles. The quantitative estimate of drug-likeness (QED) is 0.368. The van der Waals surface area contributed by atoms with E-state index in [1.807, 2.05) is 36.4 Å². The lowest BCUT2D eigenvalue weighted by Crippen LogP contribution is -2.28. The van der Waals surface area contributed by atoms with Crippen LogP contribution in [0.3, 0.4) is 0 Å². The Hall–Kier alpha value is -3.14. The first-order valence-electron chi connectivity index (χ1n) is 10.4. The molecule has 0 spiro atoms. The van der Waals surface area contributed by atoms with Gasteiger partial charge in [0.15, 0.2) is 10.9 Å². The van der Waals surface area contributed by atoms with Crippen molar-refractivity contribution in [1.82, 2.24) is 9.29 Å². The van der Waals surface area contributed by atoms with Gasteiger partial charge in [-0.25, -0.2) is 17.7 Å². The minimum absolute atomic E-state index is 0.112. The van der Waals surface area contributed by atoms with Gasteiger partial charge in [-0.3, -0.25) is 9.59 Å². The fourth-order valence-corrected chi connectivity index (χ4v) is 5.63. The molecule has 1 N–H and O–H groups in total. The summed E-state index contributed by atoms with van der Waals surface area (Å²) < 4.78 is 27.6. The highest BCUT2D eigenvalue weighted by Crippen LogP contribution is 2.31. The molecule has 33 heavy (non-hydrogen) atoms. The number of anilines is 1. The molecule has 3 aromatic carbocycles. The van der Waals surface area contributed by atoms with Crippen molar-refractivity contribution in [2.24, 2.45) is 0 Å². The van der Waals surface area contributed by atoms with Crippen molar-refractivity contribution in [3.63, 3.8) is 0 Å². The fraction of sp³-hybridized carbons (Fsp3) is 0.208. The Labute approximate surface area is 196 Å². The predicted octanol–water partition coefficient (Wildman–Crippen LogP) is 4.69. The SMILES string of the molecule is CC(=O)c1ccc(S(=O)(=O)N(C)CCCC(=O)Nc2nc3c(ccc4ccccc43)s2)cc1. The molecule has 7 nitrogen and oxygen atoms in total. The molecule has 0 radical (unpaired) electrons. The van der Waals surface area contributed by atoms with E-state index in [2.05, 4.69) is 10.3 Å². The summed E-state index contributed by atoms with van der Waals surface area (Å²) >= 11 is 1.41. The third-order valence-electron chi connectivity index (χ3n) is 5.38. The molecule has 4 rings (SSSR count). The van der Waals surface area contributed by atoms with Gasteiger partial charge < -0.3 is 5.32 Å². The lowest BCUT2D eigenvalue weighted by Gasteiger charge is -2.17. The fourth-order valence-electron chi connectivity index (χ4n) is 3.52. The zero-order valence-electron chi connectivity index (χ0n) is 18.2. The molecule has 0 unspecified atom stereocenters. The van der Waals surface area contributed by atoms with Gasteiger partial charge in [0.1, 0.15) is 0 Å². The predicted molar refractivity (Wildman–Crippen MR) is 131 cm³/mol. The number of nitrogens with zero attached hydrogens (tertiary/aromatic N) is 2. The number of nitrogens with one attached hydrogen (secondary N) is 1. The number of aromatic nitrogens is 1. The summed E-state index contributed by atoms with van der Waals surface area (Å²) in [4.78, 5) is 28.5. The number of hydrogen-bond donors (Lipinski definition) is 1. The van der Waals surface area contributed by atoms with E-state index >= 15 is 0 Å². The van der Waals surface area contributed by atoms with Gasteiger partial charge in [0, 0.05) is 31.0 Å². The van der Waals surface area contributed by atoms with Crippen molar-refractivity contribution >= 4 is 59.2 Å². The Bertz CT molecular complexity index is 1440. The minimum Gasteiger partial charge on any atom is -0.302 e. The van der Waals surface area contributed by atoms with Crippen LogP contribution >= 0.6 is 11.3 Å². The van der Waals surface area contributed by atoms with Gasteiger partial charge in [0.2, 0.25) is 15.9 Å². The average molecular weight is 482 g/mol. The third-order valence-corrected chi connectivity index (χ3v) is 8.18. The van der Waals surface area contributed by atoms with E-state index in [0.29, 0.717) is 17.1 Å². The number of hydrogen-bond acceptors (Lipinski definition) is 6. The van der Waals surface area contributed by atoms with Gasteiger partial charge in [-0.1, -0.05) is 53.8 Å². The van der Waals surface area contributed by atoms with Crippen LogP contribution < -0.4 is 5.32 Å². The monoisotopic (exact) mass is 481 g/mol. The second-order valence-electron chi connectivity index (χ2n) is 7.71. The topological polar surface area (TPSA) is 96.4 Å². The molecule has 1 aromatic heterocycles. The Morgan fingerprint density at radius 2 is 1.76 bits per heavy atom. The zero-order chi connectivity index (χ0) is 23.6. The molecular formula is C24H23N3O4S2. The number of Topliss-reactive ketones (excluding diaryl/α,β-unsaturated/α-hetero) is 1. The normalized spacial score (nSPS) is 11.8. The molecule has 0 fully saturated rings. The summed E-state index contributed by atoms with van der Waals surface area (Å²) in [5, 5.41) is 5.48. The minimum atomic E-state index is -3.70. The number of ketones is 1. The molecule has 0 saturated carbocycles. The molecule has 4 aromatic rings. The molecule has 0 saturated heterocycles. The molecule has 1 amide bonds. The molecule has 170 valence electrons. The summed E-state index contributed by atoms with van der Waals surface area (Å²) in [7, 11) is -2.22. The maximum Gasteiger partial charge on any atom is 0.242 e. The number of benzene rings is 3. The number of carbonyl (C=O) groups is 2. The van der Waals surface area contributed by atoms with Crippen LogP contribution in [0.5, 0.6) is 0 Å². The van der Waals surface area contributed by atoms with Crippen molar-refractivity contribution in [3.05, 3.63) is 66.2 Å². The van der Waals surface area contributed by atoms with Crippen LogP contribution in [0.4, 0.5) is 5.13 Å². The standard InChI is InChI=1S/C24H23N3O4S2/c1-16(28)17-9-12-19(13-10-17)33(30,31)27(2)15-5-8-22(29)25-24-26-23-20-7-4-3-6-18(20)11-14-21(23)32-24/h3-4,6-7,9-14H,5,8,15H2,1-2H3,(H,25,26,29). The first-order chi connectivity index (χ1) is 15.8. The number of rotatable bonds is 8. The van der Waals surface area contributed by atoms with Crippen LogP contribution in [0.2, 0.25) is 0 Å². The molecule has 9 heteroatoms. The van der Waals surface area contributed by atoms with Crippen LogP contribution in [0.15, 0.2) is 65.6 Å². The summed E-state index contributed by atoms with van der Waals surface area (Å²) in [5.41, 5.74) is 1.31. The van der Waals surface area contributed by atoms with Crippen molar-refractivity contribution < 1.29 is 18.0 Å². The Balaban J connectivity index is 1.35. The second kappa shape index (κ2) is 9.38. The van der Waals surface area contributed by atoms with E-state index in [1.54, 1.807) is 0 Å². The number of thiazole rings is 1. The van der Waals surface area contributed by atoms with Crippen LogP contribution in [-0.4, -0.2) is 43.0 Å². The first-order valence-corrected chi connectivity index (χ1v) is 12.7. The molecular weight excluding hydrogens is 458 g/mol. The van der Waals surface area contributed by atoms with E-state index in [9.17, 15) is 18.0 Å². The molecule has 1 heterocycles. The number of amides is 1. The van der Waals surface area contributed by atoms with Crippen molar-refractivity contribution in [2.45, 2.75) is 24.7 Å². The van der Waals surface area contributed by atoms with Crippen molar-refractivity contribution in [3.8, 4) is 0 Å². The van der Waals surface area contributed by atoms with E-state index in [1.165, 1.54) is 53.9 Å². The van der Waals surface area contributed by atoms with Gasteiger partial charge in [-0.15, -0.1) is 0 Å². The van der Waals surface area contributed by atoms with E-state index < -0.39 is 10.0 Å². The van der Waals surface area contributed by atoms with Crippen LogP contribution in [0.1, 0.15) is 30.1 Å². The lowest BCUT2D eigenvalue weighted by molar-refractivity contribution is -0.116. The van der Waals surface area contributed by atoms with Crippen LogP contribution in [0.25, 0.3) is 21.0 Å². The number of carbonyl (C=O) groups excluding carboxylic acids is 2. The first kappa shape index (κ1) is 23.0. The van der Waals surface area contributed by atoms with Gasteiger partial charge >= 0.3 is 0 Å². The van der Waals surface area contributed by atoms with Gasteiger partial charge in [-0.2, -0.15) is 0 Å². The van der Waals surface area contributed by atoms with Crippen molar-refractivity contribution in [1.29, 1.82) is 0 Å². The highest BCUT2D eigenvalue weighted by atomic mass is 32.2. The summed E-state index contributed by atoms with van der Waals surface area (Å²) in [5.74, 6) is -0.338. The van der Waals surface area contributed by atoms with E-state index in [4.69, 9.17) is 0 Å². The molecule has 0 bridgehead atoms. The smallest absolute Gasteiger partial charge is 0.242 e. The third kappa shape index (κ3) is 4.95. The van der Waals surface area contributed by atoms with Crippen LogP contribution in [0, 0.1) is 0 Å². The van der Waals surface area contributed by atoms with Crippen molar-refractivity contribution in [2.75, 3.05) is 18.9 Å². The summed E-state index contributed by atoms with van der Waals surface area (Å²) in [6, 6.07) is 17.8. The van der Waals surface area contributed by atoms with E-state index in [0.717, 1.165) is 21.0 Å². The number of fused-ring (bicyclic) bond motifs is 3. The van der Waals surface area contributed by atoms with Crippen LogP contribution in [-0.2, 0) is 14.8 Å².